The highest BCUT2D eigenvalue weighted by Crippen LogP contribution is 2.20. The Kier molecular flexibility index (Phi) is 3.12. The van der Waals surface area contributed by atoms with E-state index in [1.807, 2.05) is 24.3 Å². The first-order chi connectivity index (χ1) is 11.1. The monoisotopic (exact) mass is 367 g/mol. The van der Waals surface area contributed by atoms with Crippen molar-refractivity contribution in [1.29, 1.82) is 0 Å². The van der Waals surface area contributed by atoms with E-state index in [1.165, 1.54) is 6.20 Å². The van der Waals surface area contributed by atoms with E-state index < -0.39 is 5.69 Å². The van der Waals surface area contributed by atoms with Crippen LogP contribution in [0.25, 0.3) is 27.4 Å². The molecule has 2 aromatic carbocycles. The van der Waals surface area contributed by atoms with E-state index >= 15 is 0 Å². The first kappa shape index (κ1) is 13.9. The fourth-order valence-corrected chi connectivity index (χ4v) is 3.04. The molecule has 0 radical (unpaired) electrons. The Hall–Kier alpha value is -2.73. The first-order valence-corrected chi connectivity index (χ1v) is 7.72. The molecule has 4 aromatic rings. The first-order valence-electron chi connectivity index (χ1n) is 6.93. The number of H-pyrrole nitrogens is 1. The number of nitrogens with zero attached hydrogens (tertiary/aromatic N) is 2. The highest BCUT2D eigenvalue weighted by atomic mass is 79.9. The van der Waals surface area contributed by atoms with Gasteiger partial charge in [0.15, 0.2) is 0 Å². The van der Waals surface area contributed by atoms with Crippen LogP contribution in [-0.4, -0.2) is 14.5 Å². The molecule has 23 heavy (non-hydrogen) atoms. The average molecular weight is 368 g/mol. The van der Waals surface area contributed by atoms with Gasteiger partial charge in [-0.25, -0.2) is 9.36 Å². The predicted molar refractivity (Wildman–Crippen MR) is 93.2 cm³/mol. The molecule has 5 nitrogen and oxygen atoms in total. The molecule has 0 aliphatic rings. The molecule has 0 amide bonds. The van der Waals surface area contributed by atoms with E-state index in [4.69, 9.17) is 0 Å². The van der Waals surface area contributed by atoms with Crippen LogP contribution in [-0.2, 0) is 0 Å². The lowest BCUT2D eigenvalue weighted by atomic mass is 10.1. The van der Waals surface area contributed by atoms with Gasteiger partial charge in [-0.15, -0.1) is 0 Å². The molecule has 2 heterocycles. The Labute approximate surface area is 138 Å². The number of pyridine rings is 1. The van der Waals surface area contributed by atoms with Crippen molar-refractivity contribution in [2.45, 2.75) is 0 Å². The number of aromatic nitrogens is 3. The highest BCUT2D eigenvalue weighted by molar-refractivity contribution is 9.10. The third-order valence-electron chi connectivity index (χ3n) is 3.75. The number of nitrogens with one attached hydrogen (secondary N) is 1. The van der Waals surface area contributed by atoms with Crippen molar-refractivity contribution < 1.29 is 0 Å². The Morgan fingerprint density at radius 3 is 2.70 bits per heavy atom. The second-order valence-electron chi connectivity index (χ2n) is 5.14. The molecule has 0 fully saturated rings. The number of rotatable bonds is 1. The average Bonchev–Trinajstić information content (AvgIpc) is 2.56. The SMILES string of the molecule is O=c1[nH]c2ccc(Br)cc2c(=O)n1-c1cncc2ccccc12. The number of fused-ring (bicyclic) bond motifs is 2. The minimum Gasteiger partial charge on any atom is -0.306 e. The fourth-order valence-electron chi connectivity index (χ4n) is 2.68. The van der Waals surface area contributed by atoms with E-state index in [1.54, 1.807) is 24.4 Å². The van der Waals surface area contributed by atoms with Gasteiger partial charge in [0.25, 0.3) is 5.56 Å². The molecule has 2 aromatic heterocycles. The molecule has 0 saturated carbocycles. The van der Waals surface area contributed by atoms with Gasteiger partial charge >= 0.3 is 5.69 Å². The zero-order valence-electron chi connectivity index (χ0n) is 11.8. The van der Waals surface area contributed by atoms with Crippen molar-refractivity contribution >= 4 is 37.6 Å². The summed E-state index contributed by atoms with van der Waals surface area (Å²) in [6, 6.07) is 12.7. The molecular weight excluding hydrogens is 358 g/mol. The van der Waals surface area contributed by atoms with Gasteiger partial charge in [0.1, 0.15) is 0 Å². The van der Waals surface area contributed by atoms with Crippen LogP contribution < -0.4 is 11.2 Å². The normalized spacial score (nSPS) is 11.2. The molecule has 0 saturated heterocycles. The smallest absolute Gasteiger partial charge is 0.306 e. The summed E-state index contributed by atoms with van der Waals surface area (Å²) in [6.45, 7) is 0. The van der Waals surface area contributed by atoms with Crippen molar-refractivity contribution in [3.63, 3.8) is 0 Å². The van der Waals surface area contributed by atoms with E-state index in [0.717, 1.165) is 19.8 Å². The van der Waals surface area contributed by atoms with E-state index in [9.17, 15) is 9.59 Å². The van der Waals surface area contributed by atoms with Crippen LogP contribution in [0.1, 0.15) is 0 Å². The maximum absolute atomic E-state index is 12.8. The predicted octanol–water partition coefficient (Wildman–Crippen LogP) is 2.99. The molecule has 1 N–H and O–H groups in total. The molecule has 0 aliphatic carbocycles. The van der Waals surface area contributed by atoms with E-state index in [0.29, 0.717) is 16.6 Å². The van der Waals surface area contributed by atoms with Crippen molar-refractivity contribution in [2.24, 2.45) is 0 Å². The Bertz CT molecular complexity index is 1170. The van der Waals surface area contributed by atoms with Gasteiger partial charge in [0, 0.05) is 21.4 Å². The van der Waals surface area contributed by atoms with E-state index in [2.05, 4.69) is 25.9 Å². The molecule has 0 unspecified atom stereocenters. The van der Waals surface area contributed by atoms with Crippen LogP contribution in [0.15, 0.2) is 68.9 Å². The van der Waals surface area contributed by atoms with Crippen molar-refractivity contribution in [3.8, 4) is 5.69 Å². The van der Waals surface area contributed by atoms with Crippen LogP contribution in [0.3, 0.4) is 0 Å². The molecular formula is C17H10BrN3O2. The summed E-state index contributed by atoms with van der Waals surface area (Å²) in [5.41, 5.74) is 0.120. The highest BCUT2D eigenvalue weighted by Gasteiger charge is 2.12. The Morgan fingerprint density at radius 2 is 1.83 bits per heavy atom. The van der Waals surface area contributed by atoms with Gasteiger partial charge in [-0.3, -0.25) is 9.78 Å². The van der Waals surface area contributed by atoms with Crippen LogP contribution in [0.4, 0.5) is 0 Å². The summed E-state index contributed by atoms with van der Waals surface area (Å²) in [5, 5.41) is 2.10. The molecule has 6 heteroatoms. The van der Waals surface area contributed by atoms with Gasteiger partial charge in [-0.1, -0.05) is 40.2 Å². The molecule has 0 aliphatic heterocycles. The number of hydrogen-bond acceptors (Lipinski definition) is 3. The van der Waals surface area contributed by atoms with Gasteiger partial charge in [0.2, 0.25) is 0 Å². The Balaban J connectivity index is 2.17. The topological polar surface area (TPSA) is 67.8 Å². The second kappa shape index (κ2) is 5.17. The molecule has 112 valence electrons. The zero-order valence-corrected chi connectivity index (χ0v) is 13.4. The van der Waals surface area contributed by atoms with E-state index in [-0.39, 0.29) is 5.56 Å². The number of benzene rings is 2. The molecule has 0 spiro atoms. The van der Waals surface area contributed by atoms with Gasteiger partial charge < -0.3 is 4.98 Å². The molecule has 4 rings (SSSR count). The summed E-state index contributed by atoms with van der Waals surface area (Å²) >= 11 is 3.35. The lowest BCUT2D eigenvalue weighted by Gasteiger charge is -2.09. The number of halogens is 1. The van der Waals surface area contributed by atoms with Crippen molar-refractivity contribution in [2.75, 3.05) is 0 Å². The van der Waals surface area contributed by atoms with Crippen molar-refractivity contribution in [1.82, 2.24) is 14.5 Å². The lowest BCUT2D eigenvalue weighted by molar-refractivity contribution is 0.902. The standard InChI is InChI=1S/C17H10BrN3O2/c18-11-5-6-14-13(7-11)16(22)21(17(23)20-14)15-9-19-8-10-3-1-2-4-12(10)15/h1-9H,(H,20,23). The molecule has 0 bridgehead atoms. The number of aromatic amines is 1. The van der Waals surface area contributed by atoms with Crippen molar-refractivity contribution in [3.05, 3.63) is 80.2 Å². The largest absolute Gasteiger partial charge is 0.333 e. The third kappa shape index (κ3) is 2.19. The van der Waals surface area contributed by atoms with Crippen LogP contribution >= 0.6 is 15.9 Å². The minimum absolute atomic E-state index is 0.372. The van der Waals surface area contributed by atoms with Gasteiger partial charge in [-0.2, -0.15) is 0 Å². The fraction of sp³-hybridized carbons (Fsp3) is 0. The summed E-state index contributed by atoms with van der Waals surface area (Å²) in [4.78, 5) is 32.2. The summed E-state index contributed by atoms with van der Waals surface area (Å²) in [5.74, 6) is 0. The van der Waals surface area contributed by atoms with Crippen LogP contribution in [0.2, 0.25) is 0 Å². The number of hydrogen-bond donors (Lipinski definition) is 1. The van der Waals surface area contributed by atoms with Gasteiger partial charge in [-0.05, 0) is 18.2 Å². The van der Waals surface area contributed by atoms with Crippen LogP contribution in [0, 0.1) is 0 Å². The summed E-state index contributed by atoms with van der Waals surface area (Å²) < 4.78 is 1.90. The maximum Gasteiger partial charge on any atom is 0.333 e. The quantitative estimate of drug-likeness (QED) is 0.562. The summed E-state index contributed by atoms with van der Waals surface area (Å²) in [7, 11) is 0. The lowest BCUT2D eigenvalue weighted by Crippen LogP contribution is -2.33. The third-order valence-corrected chi connectivity index (χ3v) is 4.24. The minimum atomic E-state index is -0.483. The Morgan fingerprint density at radius 1 is 1.00 bits per heavy atom. The summed E-state index contributed by atoms with van der Waals surface area (Å²) in [6.07, 6.45) is 3.23. The maximum atomic E-state index is 12.8. The molecule has 0 atom stereocenters. The van der Waals surface area contributed by atoms with Crippen LogP contribution in [0.5, 0.6) is 0 Å². The second-order valence-corrected chi connectivity index (χ2v) is 6.06. The van der Waals surface area contributed by atoms with Gasteiger partial charge in [0.05, 0.1) is 22.8 Å². The zero-order chi connectivity index (χ0) is 16.0.